The van der Waals surface area contributed by atoms with E-state index in [1.165, 1.54) is 11.8 Å². The summed E-state index contributed by atoms with van der Waals surface area (Å²) in [6, 6.07) is 0. The van der Waals surface area contributed by atoms with E-state index in [-0.39, 0.29) is 0 Å². The van der Waals surface area contributed by atoms with Crippen LogP contribution in [0.25, 0.3) is 0 Å². The second-order valence-electron chi connectivity index (χ2n) is 2.73. The third-order valence-electron chi connectivity index (χ3n) is 1.70. The van der Waals surface area contributed by atoms with Crippen LogP contribution in [0.4, 0.5) is 0 Å². The Morgan fingerprint density at radius 3 is 2.31 bits per heavy atom. The molecule has 0 heterocycles. The molecule has 0 amide bonds. The van der Waals surface area contributed by atoms with Crippen molar-refractivity contribution in [2.45, 2.75) is 0 Å². The van der Waals surface area contributed by atoms with Crippen molar-refractivity contribution in [1.82, 2.24) is 0 Å². The molecule has 0 radical (unpaired) electrons. The number of aliphatic imine (C=N–C) groups is 1. The quantitative estimate of drug-likeness (QED) is 0.470. The minimum absolute atomic E-state index is 0.836. The Hall–Kier alpha value is -1.54. The molecule has 0 unspecified atom stereocenters. The lowest BCUT2D eigenvalue weighted by Crippen LogP contribution is -2.01. The van der Waals surface area contributed by atoms with Crippen molar-refractivity contribution in [1.29, 1.82) is 0 Å². The topological polar surface area (TPSA) is 12.4 Å². The molecular formula is C14H17NS. The Balaban J connectivity index is 5.16. The molecule has 0 bridgehead atoms. The average molecular weight is 231 g/mol. The molecule has 1 nitrogen and oxygen atoms in total. The minimum atomic E-state index is 0.836. The van der Waals surface area contributed by atoms with Gasteiger partial charge in [-0.2, -0.15) is 0 Å². The predicted octanol–water partition coefficient (Wildman–Crippen LogP) is 4.30. The van der Waals surface area contributed by atoms with Gasteiger partial charge in [-0.05, 0) is 5.41 Å². The van der Waals surface area contributed by atoms with Crippen molar-refractivity contribution < 1.29 is 0 Å². The van der Waals surface area contributed by atoms with Crippen molar-refractivity contribution in [2.75, 3.05) is 7.05 Å². The molecular weight excluding hydrogens is 214 g/mol. The van der Waals surface area contributed by atoms with E-state index in [9.17, 15) is 0 Å². The molecule has 0 rings (SSSR count). The zero-order valence-corrected chi connectivity index (χ0v) is 10.5. The van der Waals surface area contributed by atoms with E-state index < -0.39 is 0 Å². The molecule has 0 saturated carbocycles. The van der Waals surface area contributed by atoms with Gasteiger partial charge in [-0.3, -0.25) is 4.99 Å². The number of allylic oxidation sites excluding steroid dienone is 7. The van der Waals surface area contributed by atoms with Gasteiger partial charge in [-0.25, -0.2) is 0 Å². The molecule has 0 N–H and O–H groups in total. The largest absolute Gasteiger partial charge is 0.287 e. The van der Waals surface area contributed by atoms with Crippen LogP contribution in [0.2, 0.25) is 0 Å². The highest BCUT2D eigenvalue weighted by Gasteiger charge is 2.06. The lowest BCUT2D eigenvalue weighted by molar-refractivity contribution is 1.43. The summed E-state index contributed by atoms with van der Waals surface area (Å²) >= 11 is 1.46. The van der Waals surface area contributed by atoms with Crippen molar-refractivity contribution in [3.8, 4) is 0 Å². The van der Waals surface area contributed by atoms with E-state index in [4.69, 9.17) is 0 Å². The Kier molecular flexibility index (Phi) is 7.90. The fraction of sp³-hybridized carbons (Fsp3) is 0.0714. The second kappa shape index (κ2) is 8.74. The van der Waals surface area contributed by atoms with Gasteiger partial charge in [-0.1, -0.05) is 68.5 Å². The maximum Gasteiger partial charge on any atom is 0.0776 e. The van der Waals surface area contributed by atoms with Crippen molar-refractivity contribution in [3.05, 3.63) is 72.6 Å². The highest BCUT2D eigenvalue weighted by atomic mass is 32.2. The fourth-order valence-electron chi connectivity index (χ4n) is 1.08. The Bertz CT molecular complexity index is 370. The van der Waals surface area contributed by atoms with Crippen LogP contribution in [-0.4, -0.2) is 12.8 Å². The number of nitrogens with zero attached hydrogens (tertiary/aromatic N) is 1. The molecule has 0 aromatic rings. The first-order chi connectivity index (χ1) is 7.71. The highest BCUT2D eigenvalue weighted by molar-refractivity contribution is 8.06. The molecule has 84 valence electrons. The second-order valence-corrected chi connectivity index (χ2v) is 3.79. The summed E-state index contributed by atoms with van der Waals surface area (Å²) < 4.78 is 0. The van der Waals surface area contributed by atoms with E-state index in [2.05, 4.69) is 31.3 Å². The van der Waals surface area contributed by atoms with Gasteiger partial charge in [0.1, 0.15) is 0 Å². The number of hydrogen-bond acceptors (Lipinski definition) is 2. The van der Waals surface area contributed by atoms with Gasteiger partial charge in [0, 0.05) is 17.5 Å². The van der Waals surface area contributed by atoms with Gasteiger partial charge in [0.05, 0.1) is 5.71 Å². The molecule has 0 aliphatic heterocycles. The van der Waals surface area contributed by atoms with Crippen molar-refractivity contribution in [3.63, 3.8) is 0 Å². The summed E-state index contributed by atoms with van der Waals surface area (Å²) in [5, 5.41) is 1.73. The van der Waals surface area contributed by atoms with E-state index in [1.54, 1.807) is 24.6 Å². The van der Waals surface area contributed by atoms with Gasteiger partial charge in [0.2, 0.25) is 0 Å². The van der Waals surface area contributed by atoms with Crippen molar-refractivity contribution >= 4 is 17.5 Å². The minimum Gasteiger partial charge on any atom is -0.287 e. The van der Waals surface area contributed by atoms with E-state index in [1.807, 2.05) is 18.2 Å². The Labute approximate surface area is 102 Å². The number of hydrogen-bond donors (Lipinski definition) is 0. The van der Waals surface area contributed by atoms with Gasteiger partial charge in [0.25, 0.3) is 0 Å². The summed E-state index contributed by atoms with van der Waals surface area (Å²) in [6.07, 6.45) is 9.10. The maximum atomic E-state index is 4.23. The summed E-state index contributed by atoms with van der Waals surface area (Å²) in [5.41, 5.74) is 1.79. The molecule has 2 heteroatoms. The van der Waals surface area contributed by atoms with Crippen LogP contribution in [0.1, 0.15) is 0 Å². The lowest BCUT2D eigenvalue weighted by Gasteiger charge is -2.07. The third kappa shape index (κ3) is 4.80. The molecule has 16 heavy (non-hydrogen) atoms. The van der Waals surface area contributed by atoms with Crippen LogP contribution < -0.4 is 0 Å². The molecule has 0 atom stereocenters. The molecule has 0 aliphatic rings. The SMILES string of the molecule is C=C\C=C/C(=C\C=C)C(=N\C)/C(=C)SC=C. The average Bonchev–Trinajstić information content (AvgIpc) is 2.27. The van der Waals surface area contributed by atoms with Crippen LogP contribution in [0, 0.1) is 0 Å². The fourth-order valence-corrected chi connectivity index (χ4v) is 1.61. The van der Waals surface area contributed by atoms with Crippen LogP contribution >= 0.6 is 11.8 Å². The van der Waals surface area contributed by atoms with Crippen LogP contribution in [0.3, 0.4) is 0 Å². The van der Waals surface area contributed by atoms with Gasteiger partial charge in [-0.15, -0.1) is 0 Å². The summed E-state index contributed by atoms with van der Waals surface area (Å²) in [7, 11) is 1.74. The summed E-state index contributed by atoms with van der Waals surface area (Å²) in [5.74, 6) is 0. The smallest absolute Gasteiger partial charge is 0.0776 e. The monoisotopic (exact) mass is 231 g/mol. The molecule has 0 saturated heterocycles. The van der Waals surface area contributed by atoms with Gasteiger partial charge in [0.15, 0.2) is 0 Å². The third-order valence-corrected chi connectivity index (χ3v) is 2.34. The van der Waals surface area contributed by atoms with Gasteiger partial charge < -0.3 is 0 Å². The van der Waals surface area contributed by atoms with E-state index in [0.29, 0.717) is 0 Å². The Morgan fingerprint density at radius 2 is 1.88 bits per heavy atom. The van der Waals surface area contributed by atoms with Crippen molar-refractivity contribution in [2.24, 2.45) is 4.99 Å². The van der Waals surface area contributed by atoms with Crippen LogP contribution in [-0.2, 0) is 0 Å². The summed E-state index contributed by atoms with van der Waals surface area (Å²) in [4.78, 5) is 5.09. The van der Waals surface area contributed by atoms with Gasteiger partial charge >= 0.3 is 0 Å². The van der Waals surface area contributed by atoms with E-state index in [0.717, 1.165) is 16.2 Å². The van der Waals surface area contributed by atoms with Crippen LogP contribution in [0.5, 0.6) is 0 Å². The normalized spacial score (nSPS) is 12.6. The molecule has 0 aromatic carbocycles. The Morgan fingerprint density at radius 1 is 1.19 bits per heavy atom. The first-order valence-electron chi connectivity index (χ1n) is 4.77. The standard InChI is InChI=1S/C14H17NS/c1-6-9-11-13(10-7-2)14(15-5)12(4)16-8-3/h6-11H,1-4H2,5H3/b11-9-,13-10+,15-14-. The molecule has 0 fully saturated rings. The number of thioether (sulfide) groups is 1. The summed E-state index contributed by atoms with van der Waals surface area (Å²) in [6.45, 7) is 14.9. The highest BCUT2D eigenvalue weighted by Crippen LogP contribution is 2.20. The molecule has 0 aromatic heterocycles. The first-order valence-corrected chi connectivity index (χ1v) is 5.65. The van der Waals surface area contributed by atoms with Crippen LogP contribution in [0.15, 0.2) is 77.6 Å². The maximum absolute atomic E-state index is 4.23. The zero-order chi connectivity index (χ0) is 12.4. The zero-order valence-electron chi connectivity index (χ0n) is 9.65. The predicted molar refractivity (Wildman–Crippen MR) is 77.9 cm³/mol. The molecule has 0 spiro atoms. The number of rotatable bonds is 7. The molecule has 0 aliphatic carbocycles. The lowest BCUT2D eigenvalue weighted by atomic mass is 10.1. The van der Waals surface area contributed by atoms with E-state index >= 15 is 0 Å². The first kappa shape index (κ1) is 14.5.